The van der Waals surface area contributed by atoms with E-state index in [0.717, 1.165) is 22.6 Å². The molecule has 0 aromatic heterocycles. The van der Waals surface area contributed by atoms with E-state index in [2.05, 4.69) is 0 Å². The van der Waals surface area contributed by atoms with Crippen molar-refractivity contribution in [2.24, 2.45) is 0 Å². The minimum atomic E-state index is -4.91. The van der Waals surface area contributed by atoms with Gasteiger partial charge in [-0.3, -0.25) is 9.80 Å². The van der Waals surface area contributed by atoms with Crippen LogP contribution in [0, 0.1) is 0 Å². The summed E-state index contributed by atoms with van der Waals surface area (Å²) in [5.74, 6) is 0. The summed E-state index contributed by atoms with van der Waals surface area (Å²) in [5.41, 5.74) is 0. The van der Waals surface area contributed by atoms with E-state index in [0.29, 0.717) is 39.0 Å². The van der Waals surface area contributed by atoms with E-state index in [-0.39, 0.29) is 10.5 Å². The predicted molar refractivity (Wildman–Crippen MR) is 144 cm³/mol. The molecule has 3 nitrogen and oxygen atoms in total. The normalized spacial score (nSPS) is 23.4. The van der Waals surface area contributed by atoms with Crippen molar-refractivity contribution in [3.05, 3.63) is 60.7 Å². The fourth-order valence-electron chi connectivity index (χ4n) is 5.05. The first kappa shape index (κ1) is 30.6. The average molecular weight is 593 g/mol. The van der Waals surface area contributed by atoms with Gasteiger partial charge in [0.15, 0.2) is 12.2 Å². The number of hydrogen-bond acceptors (Lipinski definition) is 5. The second-order valence-corrected chi connectivity index (χ2v) is 12.9. The van der Waals surface area contributed by atoms with Crippen LogP contribution in [-0.2, 0) is 4.74 Å². The third kappa shape index (κ3) is 9.88. The number of alkyl halides is 6. The van der Waals surface area contributed by atoms with Gasteiger partial charge in [-0.2, -0.15) is 26.3 Å². The molecule has 0 saturated carbocycles. The van der Waals surface area contributed by atoms with Crippen LogP contribution < -0.4 is 0 Å². The molecule has 2 saturated heterocycles. The van der Waals surface area contributed by atoms with E-state index < -0.39 is 37.7 Å². The molecule has 2 aromatic rings. The van der Waals surface area contributed by atoms with E-state index >= 15 is 0 Å². The maximum atomic E-state index is 14.0. The van der Waals surface area contributed by atoms with E-state index in [1.54, 1.807) is 33.3 Å². The number of halogens is 6. The number of hydrogen-bond donors (Lipinski definition) is 0. The van der Waals surface area contributed by atoms with Crippen molar-refractivity contribution in [2.45, 2.75) is 70.5 Å². The zero-order valence-corrected chi connectivity index (χ0v) is 23.2. The molecule has 2 aliphatic rings. The summed E-state index contributed by atoms with van der Waals surface area (Å²) in [4.78, 5) is 5.25. The minimum absolute atomic E-state index is 0.0702. The predicted octanol–water partition coefficient (Wildman–Crippen LogP) is 7.38. The number of ether oxygens (including phenoxy) is 1. The van der Waals surface area contributed by atoms with Gasteiger partial charge < -0.3 is 4.74 Å². The van der Waals surface area contributed by atoms with Gasteiger partial charge in [-0.25, -0.2) is 0 Å². The molecule has 2 heterocycles. The Kier molecular flexibility index (Phi) is 11.0. The second kappa shape index (κ2) is 14.0. The van der Waals surface area contributed by atoms with E-state index in [1.165, 1.54) is 0 Å². The molecule has 11 heteroatoms. The van der Waals surface area contributed by atoms with E-state index in [4.69, 9.17) is 4.74 Å². The van der Waals surface area contributed by atoms with Crippen LogP contribution in [0.15, 0.2) is 70.5 Å². The van der Waals surface area contributed by atoms with Gasteiger partial charge in [0.1, 0.15) is 0 Å². The maximum absolute atomic E-state index is 14.0. The Morgan fingerprint density at radius 1 is 0.667 bits per heavy atom. The number of nitrogens with zero attached hydrogens (tertiary/aromatic N) is 2. The van der Waals surface area contributed by atoms with Gasteiger partial charge in [0, 0.05) is 46.5 Å². The Morgan fingerprint density at radius 2 is 1.05 bits per heavy atom. The average Bonchev–Trinajstić information content (AvgIpc) is 2.88. The summed E-state index contributed by atoms with van der Waals surface area (Å²) in [7, 11) is 0. The van der Waals surface area contributed by atoms with Gasteiger partial charge in [-0.05, 0) is 63.0 Å². The fraction of sp³-hybridized carbons (Fsp3) is 0.571. The lowest BCUT2D eigenvalue weighted by Crippen LogP contribution is -2.53. The highest BCUT2D eigenvalue weighted by Gasteiger charge is 2.50. The van der Waals surface area contributed by atoms with Crippen LogP contribution in [-0.4, -0.2) is 84.1 Å². The molecule has 2 aliphatic heterocycles. The van der Waals surface area contributed by atoms with Crippen LogP contribution in [0.5, 0.6) is 0 Å². The topological polar surface area (TPSA) is 15.7 Å². The number of likely N-dealkylation sites (tertiary alicyclic amines) is 2. The number of rotatable bonds is 10. The van der Waals surface area contributed by atoms with Gasteiger partial charge in [-0.15, -0.1) is 23.5 Å². The smallest absolute Gasteiger partial charge is 0.353 e. The van der Waals surface area contributed by atoms with Crippen LogP contribution in [0.25, 0.3) is 0 Å². The first-order valence-electron chi connectivity index (χ1n) is 13.2. The zero-order valence-electron chi connectivity index (χ0n) is 21.5. The Bertz CT molecular complexity index is 916. The first-order chi connectivity index (χ1) is 18.6. The van der Waals surface area contributed by atoms with Crippen molar-refractivity contribution in [1.29, 1.82) is 0 Å². The molecule has 0 aliphatic carbocycles. The molecule has 2 unspecified atom stereocenters. The minimum Gasteiger partial charge on any atom is -0.353 e. The second-order valence-electron chi connectivity index (χ2n) is 10.1. The van der Waals surface area contributed by atoms with Gasteiger partial charge in [0.25, 0.3) is 0 Å². The lowest BCUT2D eigenvalue weighted by Gasteiger charge is -2.38. The van der Waals surface area contributed by atoms with Crippen molar-refractivity contribution >= 4 is 23.5 Å². The van der Waals surface area contributed by atoms with Gasteiger partial charge in [0.05, 0.1) is 0 Å². The molecule has 0 bridgehead atoms. The fourth-order valence-corrected chi connectivity index (χ4v) is 7.59. The Labute approximate surface area is 234 Å². The van der Waals surface area contributed by atoms with Crippen LogP contribution in [0.4, 0.5) is 26.3 Å². The monoisotopic (exact) mass is 592 g/mol. The molecule has 0 amide bonds. The molecule has 0 N–H and O–H groups in total. The standard InChI is InChI=1S/C28H34F6N2OS2/c29-27(30,31)25(19-35-15-7-13-23(17-35)38-21-9-3-1-4-10-21)37-26(28(32,33)34)20-36-16-8-14-24(18-36)39-22-11-5-2-6-12-22/h1-6,9-12,23-26H,7-8,13-20H2/t23?,24?,25-,26-/m0/s1. The Morgan fingerprint density at radius 3 is 1.41 bits per heavy atom. The van der Waals surface area contributed by atoms with Crippen molar-refractivity contribution in [3.63, 3.8) is 0 Å². The summed E-state index contributed by atoms with van der Waals surface area (Å²) < 4.78 is 89.0. The van der Waals surface area contributed by atoms with Crippen LogP contribution in [0.1, 0.15) is 25.7 Å². The molecule has 0 spiro atoms. The molecule has 2 aromatic carbocycles. The third-order valence-electron chi connectivity index (χ3n) is 6.92. The van der Waals surface area contributed by atoms with Crippen LogP contribution >= 0.6 is 23.5 Å². The molecule has 0 radical (unpaired) electrons. The quantitative estimate of drug-likeness (QED) is 0.267. The molecular weight excluding hydrogens is 558 g/mol. The molecule has 216 valence electrons. The van der Waals surface area contributed by atoms with Gasteiger partial charge in [-0.1, -0.05) is 36.4 Å². The van der Waals surface area contributed by atoms with Gasteiger partial charge in [0.2, 0.25) is 0 Å². The lowest BCUT2D eigenvalue weighted by molar-refractivity contribution is -0.290. The number of benzene rings is 2. The highest BCUT2D eigenvalue weighted by Crippen LogP contribution is 2.35. The maximum Gasteiger partial charge on any atom is 0.415 e. The highest BCUT2D eigenvalue weighted by atomic mass is 32.2. The summed E-state index contributed by atoms with van der Waals surface area (Å²) in [6.07, 6.45) is -11.8. The van der Waals surface area contributed by atoms with Gasteiger partial charge >= 0.3 is 12.4 Å². The van der Waals surface area contributed by atoms with Crippen molar-refractivity contribution in [1.82, 2.24) is 9.80 Å². The molecule has 4 atom stereocenters. The number of piperidine rings is 2. The van der Waals surface area contributed by atoms with E-state index in [9.17, 15) is 26.3 Å². The molecule has 39 heavy (non-hydrogen) atoms. The highest BCUT2D eigenvalue weighted by molar-refractivity contribution is 8.00. The van der Waals surface area contributed by atoms with Crippen LogP contribution in [0.3, 0.4) is 0 Å². The Hall–Kier alpha value is -1.40. The first-order valence-corrected chi connectivity index (χ1v) is 15.0. The van der Waals surface area contributed by atoms with E-state index in [1.807, 2.05) is 60.7 Å². The largest absolute Gasteiger partial charge is 0.415 e. The number of thioether (sulfide) groups is 2. The Balaban J connectivity index is 1.37. The third-order valence-corrected chi connectivity index (χ3v) is 9.45. The van der Waals surface area contributed by atoms with Crippen molar-refractivity contribution < 1.29 is 31.1 Å². The molecule has 4 rings (SSSR count). The van der Waals surface area contributed by atoms with Crippen LogP contribution in [0.2, 0.25) is 0 Å². The zero-order chi connectivity index (χ0) is 27.9. The van der Waals surface area contributed by atoms with Crippen molar-refractivity contribution in [2.75, 3.05) is 39.3 Å². The summed E-state index contributed by atoms with van der Waals surface area (Å²) >= 11 is 3.19. The summed E-state index contributed by atoms with van der Waals surface area (Å²) in [6.45, 7) is 0.349. The molecular formula is C28H34F6N2OS2. The summed E-state index contributed by atoms with van der Waals surface area (Å²) in [6, 6.07) is 19.2. The SMILES string of the molecule is FC(F)(F)[C@H](CN1CCCC(Sc2ccccc2)C1)O[C@@H](CN1CCCC(Sc2ccccc2)C1)C(F)(F)F. The lowest BCUT2D eigenvalue weighted by atomic mass is 10.1. The molecule has 2 fully saturated rings. The van der Waals surface area contributed by atoms with Crippen molar-refractivity contribution in [3.8, 4) is 0 Å². The summed E-state index contributed by atoms with van der Waals surface area (Å²) in [5, 5.41) is 0.140.